The second kappa shape index (κ2) is 67.4. The lowest BCUT2D eigenvalue weighted by Crippen LogP contribution is -2.40. The second-order valence-electron chi connectivity index (χ2n) is 25.5. The van der Waals surface area contributed by atoms with Crippen LogP contribution in [-0.4, -0.2) is 87.4 Å². The molecule has 0 saturated carbocycles. The van der Waals surface area contributed by atoms with E-state index in [1.54, 1.807) is 0 Å². The van der Waals surface area contributed by atoms with Gasteiger partial charge >= 0.3 is 17.9 Å². The zero-order chi connectivity index (χ0) is 62.6. The Bertz CT molecular complexity index is 1690. The molecule has 0 aliphatic rings. The summed E-state index contributed by atoms with van der Waals surface area (Å²) in [7, 11) is 5.98. The Morgan fingerprint density at radius 3 is 0.988 bits per heavy atom. The third-order valence-electron chi connectivity index (χ3n) is 15.9. The second-order valence-corrected chi connectivity index (χ2v) is 25.5. The normalized spacial score (nSPS) is 13.2. The maximum Gasteiger partial charge on any atom is 0.361 e. The number of carbonyl (C=O) groups excluding carboxylic acids is 2. The molecule has 9 heteroatoms. The van der Waals surface area contributed by atoms with E-state index in [0.29, 0.717) is 23.9 Å². The number of rotatable bonds is 67. The van der Waals surface area contributed by atoms with E-state index in [1.807, 2.05) is 21.1 Å². The van der Waals surface area contributed by atoms with Crippen molar-refractivity contribution < 1.29 is 42.9 Å². The summed E-state index contributed by atoms with van der Waals surface area (Å²) in [5.74, 6) is -2.00. The summed E-state index contributed by atoms with van der Waals surface area (Å²) in [4.78, 5) is 37.7. The number of ether oxygens (including phenoxy) is 4. The smallest absolute Gasteiger partial charge is 0.361 e. The molecule has 0 aromatic heterocycles. The molecule has 2 atom stereocenters. The lowest BCUT2D eigenvalue weighted by Gasteiger charge is -2.25. The molecule has 9 nitrogen and oxygen atoms in total. The van der Waals surface area contributed by atoms with Crippen LogP contribution >= 0.6 is 0 Å². The van der Waals surface area contributed by atoms with E-state index in [2.05, 4.69) is 98.9 Å². The Balaban J connectivity index is 4.11. The molecule has 0 bridgehead atoms. The minimum absolute atomic E-state index is 0.185. The van der Waals surface area contributed by atoms with E-state index in [1.165, 1.54) is 205 Å². The first-order valence-corrected chi connectivity index (χ1v) is 36.3. The van der Waals surface area contributed by atoms with Gasteiger partial charge in [-0.1, -0.05) is 330 Å². The predicted octanol–water partition coefficient (Wildman–Crippen LogP) is 22.6. The first-order chi connectivity index (χ1) is 42.1. The summed E-state index contributed by atoms with van der Waals surface area (Å²) in [6.45, 7) is 4.80. The number of carboxylic acids is 1. The topological polar surface area (TPSA) is 108 Å². The van der Waals surface area contributed by atoms with E-state index in [4.69, 9.17) is 18.9 Å². The molecule has 0 radical (unpaired) electrons. The fraction of sp³-hybridized carbons (Fsp3) is 0.779. The van der Waals surface area contributed by atoms with Crippen LogP contribution in [0.5, 0.6) is 0 Å². The molecule has 0 aromatic rings. The van der Waals surface area contributed by atoms with Crippen LogP contribution in [0.2, 0.25) is 0 Å². The van der Waals surface area contributed by atoms with E-state index < -0.39 is 24.3 Å². The molecule has 0 aliphatic heterocycles. The van der Waals surface area contributed by atoms with E-state index in [-0.39, 0.29) is 32.2 Å². The Morgan fingerprint density at radius 2 is 0.663 bits per heavy atom. The SMILES string of the molecule is CC/C=C\C/C=C\C/C=C\C/C=C\C/C=C\C/C=C\C/C=C\CCCCCCCCCCCC(=O)OC(COC(=O)CCCCCCCCCCCCCCCCCCCCCCCCCCCCCCCC)COC(OCC[N+](C)(C)C)C(=O)O. The molecule has 0 saturated heterocycles. The molecule has 0 heterocycles. The van der Waals surface area contributed by atoms with Crippen molar-refractivity contribution >= 4 is 17.9 Å². The van der Waals surface area contributed by atoms with Gasteiger partial charge in [0.05, 0.1) is 34.4 Å². The Labute approximate surface area is 531 Å². The van der Waals surface area contributed by atoms with Crippen molar-refractivity contribution in [3.05, 3.63) is 85.1 Å². The number of allylic oxidation sites excluding steroid dienone is 14. The van der Waals surface area contributed by atoms with Crippen LogP contribution in [0.15, 0.2) is 85.1 Å². The number of carbonyl (C=O) groups is 3. The van der Waals surface area contributed by atoms with Gasteiger partial charge in [0, 0.05) is 12.8 Å². The number of unbranched alkanes of at least 4 members (excludes halogenated alkanes) is 38. The monoisotopic (exact) mass is 1210 g/mol. The van der Waals surface area contributed by atoms with Crippen LogP contribution in [0.25, 0.3) is 0 Å². The summed E-state index contributed by atoms with van der Waals surface area (Å²) >= 11 is 0. The molecule has 1 N–H and O–H groups in total. The van der Waals surface area contributed by atoms with Crippen LogP contribution < -0.4 is 0 Å². The average Bonchev–Trinajstić information content (AvgIpc) is 3.64. The van der Waals surface area contributed by atoms with Crippen molar-refractivity contribution in [2.24, 2.45) is 0 Å². The fourth-order valence-corrected chi connectivity index (χ4v) is 10.4. The number of esters is 2. The van der Waals surface area contributed by atoms with Crippen LogP contribution in [0.3, 0.4) is 0 Å². The van der Waals surface area contributed by atoms with Gasteiger partial charge in [0.25, 0.3) is 6.29 Å². The highest BCUT2D eigenvalue weighted by molar-refractivity contribution is 5.71. The van der Waals surface area contributed by atoms with Crippen molar-refractivity contribution in [2.45, 2.75) is 341 Å². The first kappa shape index (κ1) is 82.5. The number of nitrogens with zero attached hydrogens (tertiary/aromatic N) is 1. The van der Waals surface area contributed by atoms with E-state index in [9.17, 15) is 19.5 Å². The highest BCUT2D eigenvalue weighted by atomic mass is 16.7. The highest BCUT2D eigenvalue weighted by Gasteiger charge is 2.25. The number of hydrogen-bond donors (Lipinski definition) is 1. The van der Waals surface area contributed by atoms with Crippen molar-refractivity contribution in [3.63, 3.8) is 0 Å². The number of quaternary nitrogens is 1. The lowest BCUT2D eigenvalue weighted by molar-refractivity contribution is -0.870. The summed E-state index contributed by atoms with van der Waals surface area (Å²) in [5, 5.41) is 9.75. The maximum absolute atomic E-state index is 13.0. The lowest BCUT2D eigenvalue weighted by atomic mass is 10.0. The zero-order valence-corrected chi connectivity index (χ0v) is 57.0. The average molecular weight is 1210 g/mol. The molecule has 0 spiro atoms. The van der Waals surface area contributed by atoms with Gasteiger partial charge in [-0.25, -0.2) is 4.79 Å². The highest BCUT2D eigenvalue weighted by Crippen LogP contribution is 2.18. The molecular formula is C77H138NO8+. The molecular weight excluding hydrogens is 1070 g/mol. The number of carboxylic acid groups (broad SMARTS) is 1. The van der Waals surface area contributed by atoms with Crippen LogP contribution in [0.4, 0.5) is 0 Å². The number of likely N-dealkylation sites (N-methyl/N-ethyl adjacent to an activating group) is 1. The van der Waals surface area contributed by atoms with E-state index >= 15 is 0 Å². The third-order valence-corrected chi connectivity index (χ3v) is 15.9. The van der Waals surface area contributed by atoms with Gasteiger partial charge in [-0.3, -0.25) is 9.59 Å². The van der Waals surface area contributed by atoms with Crippen molar-refractivity contribution in [1.82, 2.24) is 0 Å². The number of hydrogen-bond acceptors (Lipinski definition) is 7. The van der Waals surface area contributed by atoms with Gasteiger partial charge in [0.1, 0.15) is 13.2 Å². The van der Waals surface area contributed by atoms with Crippen LogP contribution in [0.1, 0.15) is 328 Å². The Hall–Kier alpha value is -3.53. The zero-order valence-electron chi connectivity index (χ0n) is 57.0. The van der Waals surface area contributed by atoms with Crippen molar-refractivity contribution in [2.75, 3.05) is 47.5 Å². The summed E-state index contributed by atoms with van der Waals surface area (Å²) in [6, 6.07) is 0. The van der Waals surface area contributed by atoms with Gasteiger partial charge in [-0.15, -0.1) is 0 Å². The van der Waals surface area contributed by atoms with Gasteiger partial charge in [-0.05, 0) is 70.6 Å². The molecule has 0 aromatic carbocycles. The molecule has 498 valence electrons. The molecule has 2 unspecified atom stereocenters. The van der Waals surface area contributed by atoms with Gasteiger partial charge in [-0.2, -0.15) is 0 Å². The molecule has 0 aliphatic carbocycles. The van der Waals surface area contributed by atoms with Crippen LogP contribution in [0, 0.1) is 0 Å². The molecule has 0 rings (SSSR count). The standard InChI is InChI=1S/C77H137NO8/c1-6-8-10-12-14-16-18-20-22-24-26-28-30-32-34-36-38-40-42-44-46-48-50-52-54-56-58-60-62-64-66-68-75(80)86-73(72-85-77(76(81)82)83-70-69-78(3,4)5)71-84-74(79)67-65-63-61-59-57-55-53-51-49-47-45-43-41-39-37-35-33-31-29-27-25-23-21-19-17-15-13-11-9-7-2/h8,10,14,16,20,22,26,28,32,34,38,40,44,46,73,77H,6-7,9,11-13,15,17-19,21,23-25,27,29-31,33,35-37,39,41-43,45,47-72H2,1-5H3/p+1/b10-8-,16-14-,22-20-,28-26-,34-32-,40-38-,46-44-. The molecule has 0 fully saturated rings. The first-order valence-electron chi connectivity index (χ1n) is 36.3. The maximum atomic E-state index is 13.0. The van der Waals surface area contributed by atoms with Gasteiger partial charge in [0.15, 0.2) is 6.10 Å². The third kappa shape index (κ3) is 68.0. The van der Waals surface area contributed by atoms with Crippen molar-refractivity contribution in [1.29, 1.82) is 0 Å². The quantitative estimate of drug-likeness (QED) is 0.0211. The molecule has 0 amide bonds. The molecule has 86 heavy (non-hydrogen) atoms. The summed E-state index contributed by atoms with van der Waals surface area (Å²) < 4.78 is 23.0. The Morgan fingerprint density at radius 1 is 0.360 bits per heavy atom. The Kier molecular flexibility index (Phi) is 64.6. The number of aliphatic carboxylic acids is 1. The van der Waals surface area contributed by atoms with E-state index in [0.717, 1.165) is 89.9 Å². The summed E-state index contributed by atoms with van der Waals surface area (Å²) in [5.41, 5.74) is 0. The van der Waals surface area contributed by atoms with Gasteiger partial charge < -0.3 is 28.5 Å². The minimum Gasteiger partial charge on any atom is -0.477 e. The minimum atomic E-state index is -1.52. The predicted molar refractivity (Wildman–Crippen MR) is 369 cm³/mol. The van der Waals surface area contributed by atoms with Crippen molar-refractivity contribution in [3.8, 4) is 0 Å². The largest absolute Gasteiger partial charge is 0.477 e. The summed E-state index contributed by atoms with van der Waals surface area (Å²) in [6.07, 6.45) is 88.5. The fourth-order valence-electron chi connectivity index (χ4n) is 10.4. The van der Waals surface area contributed by atoms with Gasteiger partial charge in [0.2, 0.25) is 0 Å². The van der Waals surface area contributed by atoms with Crippen LogP contribution in [-0.2, 0) is 33.3 Å².